The Morgan fingerprint density at radius 3 is 1.80 bits per heavy atom. The summed E-state index contributed by atoms with van der Waals surface area (Å²) in [5, 5.41) is 0. The van der Waals surface area contributed by atoms with Crippen LogP contribution in [0.2, 0.25) is 17.2 Å². The van der Waals surface area contributed by atoms with E-state index in [0.29, 0.717) is 5.92 Å². The number of esters is 1. The van der Waals surface area contributed by atoms with Gasteiger partial charge < -0.3 is 0 Å². The molecule has 0 N–H and O–H groups in total. The fraction of sp³-hybridized carbons (Fsp3) is 0.941. The summed E-state index contributed by atoms with van der Waals surface area (Å²) >= 11 is -2.13. The van der Waals surface area contributed by atoms with Crippen LogP contribution >= 0.6 is 0 Å². The molecule has 0 aromatic rings. The normalized spacial score (nSPS) is 21.8. The number of ether oxygens (including phenoxy) is 1. The third-order valence-electron chi connectivity index (χ3n) is 5.17. The van der Waals surface area contributed by atoms with Crippen LogP contribution in [0.15, 0.2) is 0 Å². The fourth-order valence-electron chi connectivity index (χ4n) is 3.80. The van der Waals surface area contributed by atoms with Crippen molar-refractivity contribution in [3.8, 4) is 0 Å². The summed E-state index contributed by atoms with van der Waals surface area (Å²) in [7, 11) is 1.55. The molecule has 1 aliphatic rings. The topological polar surface area (TPSA) is 26.3 Å². The van der Waals surface area contributed by atoms with Crippen LogP contribution in [-0.2, 0) is 9.53 Å². The molecule has 0 radical (unpaired) electrons. The standard InChI is InChI=1S/C5H7O2.3C4H9.Sn/c1-7-5(6)4-2-3-4;3*1-3-4-2;/h2,4H,3H2,1H3;3*1,3-4H2,2H3;/t4-;;;;/m0..../s1. The van der Waals surface area contributed by atoms with Crippen molar-refractivity contribution in [3.63, 3.8) is 0 Å². The number of hydrogen-bond acceptors (Lipinski definition) is 2. The van der Waals surface area contributed by atoms with E-state index < -0.39 is 18.4 Å². The molecule has 0 aromatic carbocycles. The van der Waals surface area contributed by atoms with Gasteiger partial charge in [-0.2, -0.15) is 0 Å². The predicted molar refractivity (Wildman–Crippen MR) is 88.8 cm³/mol. The Labute approximate surface area is 129 Å². The first-order valence-electron chi connectivity index (χ1n) is 8.73. The van der Waals surface area contributed by atoms with Crippen molar-refractivity contribution >= 4 is 24.3 Å². The van der Waals surface area contributed by atoms with Crippen LogP contribution in [0, 0.1) is 5.92 Å². The van der Waals surface area contributed by atoms with Crippen LogP contribution in [0.25, 0.3) is 0 Å². The van der Waals surface area contributed by atoms with Gasteiger partial charge in [0.05, 0.1) is 0 Å². The zero-order valence-corrected chi connectivity index (χ0v) is 16.9. The Hall–Kier alpha value is 0.269. The van der Waals surface area contributed by atoms with Crippen molar-refractivity contribution in [3.05, 3.63) is 0 Å². The minimum atomic E-state index is -2.13. The molecule has 1 aliphatic carbocycles. The second kappa shape index (κ2) is 9.32. The predicted octanol–water partition coefficient (Wildman–Crippen LogP) is 5.40. The van der Waals surface area contributed by atoms with Crippen molar-refractivity contribution in [2.75, 3.05) is 7.11 Å². The summed E-state index contributed by atoms with van der Waals surface area (Å²) in [5.41, 5.74) is 0. The van der Waals surface area contributed by atoms with Gasteiger partial charge in [0, 0.05) is 0 Å². The van der Waals surface area contributed by atoms with E-state index in [-0.39, 0.29) is 5.97 Å². The van der Waals surface area contributed by atoms with Gasteiger partial charge in [-0.3, -0.25) is 0 Å². The van der Waals surface area contributed by atoms with Gasteiger partial charge in [0.2, 0.25) is 0 Å². The van der Waals surface area contributed by atoms with Gasteiger partial charge in [0.15, 0.2) is 0 Å². The maximum absolute atomic E-state index is 11.9. The molecule has 3 heteroatoms. The van der Waals surface area contributed by atoms with Crippen LogP contribution in [0.5, 0.6) is 0 Å². The molecule has 1 rings (SSSR count). The second-order valence-electron chi connectivity index (χ2n) is 6.64. The Morgan fingerprint density at radius 1 is 1.00 bits per heavy atom. The first-order valence-corrected chi connectivity index (χ1v) is 16.4. The molecule has 1 saturated carbocycles. The Morgan fingerprint density at radius 2 is 1.45 bits per heavy atom. The van der Waals surface area contributed by atoms with Crippen LogP contribution in [0.4, 0.5) is 0 Å². The maximum atomic E-state index is 11.9. The zero-order chi connectivity index (χ0) is 15.0. The van der Waals surface area contributed by atoms with Crippen LogP contribution in [0.3, 0.4) is 0 Å². The fourth-order valence-corrected chi connectivity index (χ4v) is 23.1. The number of carbonyl (C=O) groups is 1. The summed E-state index contributed by atoms with van der Waals surface area (Å²) in [5.74, 6) is 0.377. The third-order valence-corrected chi connectivity index (χ3v) is 23.0. The molecule has 0 bridgehead atoms. The summed E-state index contributed by atoms with van der Waals surface area (Å²) in [6.07, 6.45) is 9.29. The van der Waals surface area contributed by atoms with Crippen LogP contribution < -0.4 is 0 Å². The summed E-state index contributed by atoms with van der Waals surface area (Å²) in [4.78, 5) is 11.9. The van der Waals surface area contributed by atoms with Crippen molar-refractivity contribution in [2.24, 2.45) is 5.92 Å². The van der Waals surface area contributed by atoms with Gasteiger partial charge in [-0.25, -0.2) is 0 Å². The summed E-state index contributed by atoms with van der Waals surface area (Å²) in [6.45, 7) is 6.92. The molecule has 0 aliphatic heterocycles. The molecule has 0 amide bonds. The monoisotopic (exact) mass is 390 g/mol. The molecule has 0 heterocycles. The van der Waals surface area contributed by atoms with E-state index in [0.717, 1.165) is 3.93 Å². The number of rotatable bonds is 11. The van der Waals surface area contributed by atoms with E-state index in [2.05, 4.69) is 20.8 Å². The minimum absolute atomic E-state index is 0.0839. The molecule has 0 saturated heterocycles. The van der Waals surface area contributed by atoms with Crippen molar-refractivity contribution in [1.82, 2.24) is 0 Å². The molecule has 0 aromatic heterocycles. The van der Waals surface area contributed by atoms with E-state index in [1.165, 1.54) is 58.3 Å². The van der Waals surface area contributed by atoms with Gasteiger partial charge in [-0.05, 0) is 0 Å². The van der Waals surface area contributed by atoms with Gasteiger partial charge in [0.25, 0.3) is 0 Å². The van der Waals surface area contributed by atoms with E-state index in [4.69, 9.17) is 4.74 Å². The summed E-state index contributed by atoms with van der Waals surface area (Å²) < 4.78 is 10.4. The third kappa shape index (κ3) is 4.92. The zero-order valence-electron chi connectivity index (χ0n) is 14.0. The molecule has 2 nitrogen and oxygen atoms in total. The summed E-state index contributed by atoms with van der Waals surface area (Å²) in [6, 6.07) is 0. The number of unbranched alkanes of at least 4 members (excludes halogenated alkanes) is 3. The van der Waals surface area contributed by atoms with Crippen molar-refractivity contribution in [1.29, 1.82) is 0 Å². The average Bonchev–Trinajstić information content (AvgIpc) is 3.27. The first kappa shape index (κ1) is 18.3. The number of hydrogen-bond donors (Lipinski definition) is 0. The van der Waals surface area contributed by atoms with Crippen LogP contribution in [-0.4, -0.2) is 31.5 Å². The van der Waals surface area contributed by atoms with Crippen molar-refractivity contribution < 1.29 is 9.53 Å². The number of methoxy groups -OCH3 is 1. The molecule has 118 valence electrons. The molecular formula is C17H34O2Sn. The van der Waals surface area contributed by atoms with Gasteiger partial charge in [-0.1, -0.05) is 0 Å². The molecule has 0 unspecified atom stereocenters. The SMILES string of the molecule is CCC[CH2][Sn]([CH2]CCC)([CH2]CCC)[C@@H]1C[C@H]1C(=O)OC. The van der Waals surface area contributed by atoms with E-state index in [1.807, 2.05) is 0 Å². The molecular weight excluding hydrogens is 355 g/mol. The molecule has 20 heavy (non-hydrogen) atoms. The van der Waals surface area contributed by atoms with Gasteiger partial charge in [-0.15, -0.1) is 0 Å². The first-order chi connectivity index (χ1) is 9.65. The van der Waals surface area contributed by atoms with E-state index in [1.54, 1.807) is 7.11 Å². The van der Waals surface area contributed by atoms with Gasteiger partial charge in [0.1, 0.15) is 0 Å². The molecule has 0 spiro atoms. The average molecular weight is 389 g/mol. The van der Waals surface area contributed by atoms with E-state index >= 15 is 0 Å². The molecule has 1 fully saturated rings. The quantitative estimate of drug-likeness (QED) is 0.350. The Bertz CT molecular complexity index is 269. The Balaban J connectivity index is 2.76. The van der Waals surface area contributed by atoms with Gasteiger partial charge >= 0.3 is 130 Å². The second-order valence-corrected chi connectivity index (χ2v) is 20.8. The van der Waals surface area contributed by atoms with Crippen LogP contribution in [0.1, 0.15) is 65.7 Å². The molecule has 2 atom stereocenters. The van der Waals surface area contributed by atoms with Crippen molar-refractivity contribution in [2.45, 2.75) is 83.0 Å². The van der Waals surface area contributed by atoms with E-state index in [9.17, 15) is 4.79 Å². The Kier molecular flexibility index (Phi) is 8.54. The number of carbonyl (C=O) groups excluding carboxylic acids is 1.